The van der Waals surface area contributed by atoms with E-state index in [1.165, 1.54) is 85.8 Å². The quantitative estimate of drug-likeness (QED) is 0.0176. The molecular formula is C75H90F12O16. The second-order valence-corrected chi connectivity index (χ2v) is 25.6. The van der Waals surface area contributed by atoms with Crippen LogP contribution in [0.25, 0.3) is 0 Å². The highest BCUT2D eigenvalue weighted by atomic mass is 19.4. The van der Waals surface area contributed by atoms with Crippen LogP contribution in [0.2, 0.25) is 0 Å². The Bertz CT molecular complexity index is 3360. The molecule has 4 aromatic rings. The van der Waals surface area contributed by atoms with Crippen molar-refractivity contribution in [3.63, 3.8) is 0 Å². The fourth-order valence-corrected chi connectivity index (χ4v) is 13.2. The Morgan fingerprint density at radius 2 is 0.748 bits per heavy atom. The molecule has 0 aromatic heterocycles. The predicted octanol–water partition coefficient (Wildman–Crippen LogP) is 16.9. The van der Waals surface area contributed by atoms with Crippen LogP contribution in [0.5, 0.6) is 0 Å². The summed E-state index contributed by atoms with van der Waals surface area (Å²) in [4.78, 5) is 84.0. The zero-order valence-electron chi connectivity index (χ0n) is 58.3. The third kappa shape index (κ3) is 20.6. The number of rotatable bonds is 42. The van der Waals surface area contributed by atoms with Crippen LogP contribution in [-0.4, -0.2) is 132 Å². The highest BCUT2D eigenvalue weighted by Crippen LogP contribution is 2.49. The molecule has 0 aliphatic carbocycles. The summed E-state index contributed by atoms with van der Waals surface area (Å²) in [6.07, 6.45) is -26.2. The van der Waals surface area contributed by atoms with Gasteiger partial charge in [-0.05, 0) is 77.2 Å². The van der Waals surface area contributed by atoms with Gasteiger partial charge in [-0.3, -0.25) is 4.79 Å². The molecule has 1 saturated heterocycles. The molecule has 0 N–H and O–H groups in total. The molecule has 0 radical (unpaired) electrons. The minimum absolute atomic E-state index is 0.0491. The Hall–Kier alpha value is -7.40. The molecule has 1 fully saturated rings. The topological polar surface area (TPSA) is 195 Å². The summed E-state index contributed by atoms with van der Waals surface area (Å²) in [7, 11) is 2.54. The Kier molecular flexibility index (Phi) is 31.2. The third-order valence-corrected chi connectivity index (χ3v) is 18.7. The maximum absolute atomic E-state index is 15.5. The van der Waals surface area contributed by atoms with Gasteiger partial charge in [-0.25, -0.2) is 24.0 Å². The van der Waals surface area contributed by atoms with Gasteiger partial charge in [-0.1, -0.05) is 186 Å². The molecular weight excluding hydrogens is 1380 g/mol. The number of ether oxygens (including phenoxy) is 10. The highest BCUT2D eigenvalue weighted by Gasteiger charge is 2.68. The number of ketones is 1. The summed E-state index contributed by atoms with van der Waals surface area (Å²) < 4.78 is 238. The molecule has 103 heavy (non-hydrogen) atoms. The Labute approximate surface area is 591 Å². The molecule has 2 aliphatic rings. The number of carbonyl (C=O) groups excluding carboxylic acids is 6. The Balaban J connectivity index is 1.29. The largest absolute Gasteiger partial charge is 0.459 e. The Morgan fingerprint density at radius 1 is 0.427 bits per heavy atom. The lowest BCUT2D eigenvalue weighted by molar-refractivity contribution is -0.281. The summed E-state index contributed by atoms with van der Waals surface area (Å²) in [5.41, 5.74) is -17.7. The van der Waals surface area contributed by atoms with E-state index >= 15 is 52.7 Å². The summed E-state index contributed by atoms with van der Waals surface area (Å²) >= 11 is 0. The van der Waals surface area contributed by atoms with Crippen molar-refractivity contribution in [1.29, 1.82) is 0 Å². The lowest BCUT2D eigenvalue weighted by Crippen LogP contribution is -2.53. The van der Waals surface area contributed by atoms with Crippen molar-refractivity contribution in [3.05, 3.63) is 155 Å². The molecule has 6 rings (SSSR count). The Morgan fingerprint density at radius 3 is 1.08 bits per heavy atom. The molecule has 0 amide bonds. The minimum atomic E-state index is -5.53. The van der Waals surface area contributed by atoms with E-state index in [2.05, 4.69) is 6.92 Å². The van der Waals surface area contributed by atoms with Gasteiger partial charge in [0.1, 0.15) is 36.3 Å². The monoisotopic (exact) mass is 1470 g/mol. The number of benzene rings is 4. The van der Waals surface area contributed by atoms with Crippen molar-refractivity contribution in [2.75, 3.05) is 28.4 Å². The number of halogens is 12. The van der Waals surface area contributed by atoms with Gasteiger partial charge in [0.25, 0.3) is 22.4 Å². The normalized spacial score (nSPS) is 19.4. The van der Waals surface area contributed by atoms with Crippen molar-refractivity contribution >= 4 is 35.6 Å². The first kappa shape index (κ1) is 84.5. The van der Waals surface area contributed by atoms with Crippen LogP contribution in [0.3, 0.4) is 0 Å². The average Bonchev–Trinajstić information content (AvgIpc) is 1.55. The van der Waals surface area contributed by atoms with Crippen LogP contribution in [-0.2, 0) is 98.5 Å². The zero-order valence-corrected chi connectivity index (χ0v) is 58.3. The van der Waals surface area contributed by atoms with Crippen LogP contribution < -0.4 is 0 Å². The van der Waals surface area contributed by atoms with E-state index in [4.69, 9.17) is 47.4 Å². The first-order valence-electron chi connectivity index (χ1n) is 34.4. The van der Waals surface area contributed by atoms with E-state index < -0.39 is 193 Å². The van der Waals surface area contributed by atoms with Gasteiger partial charge in [0.05, 0.1) is 12.2 Å². The molecule has 0 saturated carbocycles. The van der Waals surface area contributed by atoms with Crippen molar-refractivity contribution in [3.8, 4) is 0 Å². The van der Waals surface area contributed by atoms with E-state index in [1.54, 1.807) is 0 Å². The van der Waals surface area contributed by atoms with Crippen molar-refractivity contribution in [1.82, 2.24) is 0 Å². The van der Waals surface area contributed by atoms with E-state index in [0.29, 0.717) is 41.3 Å². The van der Waals surface area contributed by atoms with Crippen LogP contribution in [0.1, 0.15) is 177 Å². The van der Waals surface area contributed by atoms with Crippen LogP contribution in [0.4, 0.5) is 52.7 Å². The second kappa shape index (κ2) is 38.0. The number of cyclic esters (lactones) is 1. The molecule has 0 unspecified atom stereocenters. The highest BCUT2D eigenvalue weighted by molar-refractivity contribution is 5.91. The maximum atomic E-state index is 15.5. The SMILES string of the molecule is CCCCCCCCCCCC[C@H](OC(=O)[C@@](OC)(c1ccccc1)C(F)(F)F)[C@@H]1CC[C@H]([C@@H](CCCCC(=O)C[C@@H](CCC[C@H](CC2=C[C@H](C)OC2=O)OC(=O)[C@@](OC)(c2ccccc2)C(F)(F)F)OC(=O)[C@@](OC)(c2ccccc2)C(F)(F)F)OC(=O)[C@@](OC)(c2ccccc2)C(F)(F)F)O1. The molecule has 2 heterocycles. The van der Waals surface area contributed by atoms with Gasteiger partial charge in [0, 0.05) is 75.5 Å². The second-order valence-electron chi connectivity index (χ2n) is 25.6. The van der Waals surface area contributed by atoms with Crippen LogP contribution >= 0.6 is 0 Å². The van der Waals surface area contributed by atoms with Crippen molar-refractivity contribution in [2.24, 2.45) is 0 Å². The first-order valence-corrected chi connectivity index (χ1v) is 34.4. The molecule has 570 valence electrons. The summed E-state index contributed by atoms with van der Waals surface area (Å²) in [5, 5.41) is 0. The standard InChI is InChI=1S/C75H90F12O16/c1-7-8-9-10-11-12-13-14-15-28-43-59(102-66(92)70(96-5,74(82,83)84)54-36-24-18-25-37-54)61-45-46-62(101-61)60(103-67(93)71(97-6,75(85,86)87)55-38-26-19-27-39-55)44-30-29-40-56(88)49-58(100-65(91)69(95-4,73(79,80)81)53-34-22-17-23-35-53)42-31-41-57(48-51-47-50(2)98-63(51)89)99-64(90)68(94-3,72(76,77)78)52-32-20-16-21-33-52/h16-27,32-39,47,50,57-62H,7-15,28-31,40-46,48-49H2,1-6H3/t50-,57+,58+,59-,60+,61-,62+,68-,69-,70-,71-/m0/s1. The number of hydrogen-bond acceptors (Lipinski definition) is 16. The smallest absolute Gasteiger partial charge is 0.432 e. The molecule has 16 nitrogen and oxygen atoms in total. The van der Waals surface area contributed by atoms with Crippen molar-refractivity contribution in [2.45, 2.75) is 245 Å². The summed E-state index contributed by atoms with van der Waals surface area (Å²) in [6.45, 7) is 3.58. The van der Waals surface area contributed by atoms with E-state index in [-0.39, 0.29) is 37.7 Å². The number of unbranched alkanes of at least 4 members (excludes halogenated alkanes) is 10. The lowest BCUT2D eigenvalue weighted by Gasteiger charge is -2.36. The molecule has 28 heteroatoms. The van der Waals surface area contributed by atoms with Gasteiger partial charge in [0.2, 0.25) is 0 Å². The van der Waals surface area contributed by atoms with Gasteiger partial charge in [-0.15, -0.1) is 0 Å². The van der Waals surface area contributed by atoms with Crippen molar-refractivity contribution < 1.29 is 129 Å². The predicted molar refractivity (Wildman–Crippen MR) is 349 cm³/mol. The molecule has 11 atom stereocenters. The van der Waals surface area contributed by atoms with Crippen LogP contribution in [0, 0.1) is 0 Å². The zero-order chi connectivity index (χ0) is 75.9. The lowest BCUT2D eigenvalue weighted by atomic mass is 9.92. The van der Waals surface area contributed by atoms with Gasteiger partial charge >= 0.3 is 54.6 Å². The number of carbonyl (C=O) groups is 6. The molecule has 4 aromatic carbocycles. The number of esters is 5. The van der Waals surface area contributed by atoms with E-state index in [0.717, 1.165) is 99.9 Å². The van der Waals surface area contributed by atoms with Gasteiger partial charge < -0.3 is 47.4 Å². The average molecular weight is 1480 g/mol. The van der Waals surface area contributed by atoms with E-state index in [9.17, 15) is 28.8 Å². The summed E-state index contributed by atoms with van der Waals surface area (Å²) in [5.74, 6) is -9.50. The number of Topliss-reactive ketones (excluding diaryl/α,β-unsaturated/α-hetero) is 1. The van der Waals surface area contributed by atoms with Gasteiger partial charge in [-0.2, -0.15) is 52.7 Å². The first-order chi connectivity index (χ1) is 48.8. The summed E-state index contributed by atoms with van der Waals surface area (Å²) in [6, 6.07) is 23.1. The van der Waals surface area contributed by atoms with Crippen LogP contribution in [0.15, 0.2) is 133 Å². The maximum Gasteiger partial charge on any atom is 0.432 e. The molecule has 2 aliphatic heterocycles. The minimum Gasteiger partial charge on any atom is -0.459 e. The number of methoxy groups -OCH3 is 4. The molecule has 0 spiro atoms. The van der Waals surface area contributed by atoms with Gasteiger partial charge in [0.15, 0.2) is 0 Å². The fourth-order valence-electron chi connectivity index (χ4n) is 13.2. The van der Waals surface area contributed by atoms with E-state index in [1.807, 2.05) is 0 Å². The third-order valence-electron chi connectivity index (χ3n) is 18.7. The fraction of sp³-hybridized carbons (Fsp3) is 0.573. The number of alkyl halides is 12. The number of hydrogen-bond donors (Lipinski definition) is 0. The molecule has 0 bridgehead atoms.